The summed E-state index contributed by atoms with van der Waals surface area (Å²) < 4.78 is 73.4. The Hall–Kier alpha value is -5.56. The number of aliphatic hydroxyl groups is 1. The van der Waals surface area contributed by atoms with Crippen LogP contribution in [0.15, 0.2) is 66.2 Å². The van der Waals surface area contributed by atoms with Crippen molar-refractivity contribution in [3.8, 4) is 22.3 Å². The van der Waals surface area contributed by atoms with Crippen molar-refractivity contribution < 1.29 is 51.3 Å². The molecule has 2 aliphatic rings. The number of unbranched alkanes of at least 4 members (excludes halogenated alkanes) is 1. The van der Waals surface area contributed by atoms with Crippen LogP contribution < -0.4 is 25.2 Å². The molecule has 2 fully saturated rings. The number of benzene rings is 3. The summed E-state index contributed by atoms with van der Waals surface area (Å²) in [5, 5.41) is 25.7. The minimum Gasteiger partial charge on any atom is -0.490 e. The van der Waals surface area contributed by atoms with E-state index in [1.165, 1.54) is 43.0 Å². The molecule has 0 radical (unpaired) electrons. The van der Waals surface area contributed by atoms with Gasteiger partial charge in [-0.05, 0) is 99.1 Å². The first-order valence-electron chi connectivity index (χ1n) is 23.0. The zero-order chi connectivity index (χ0) is 51.0. The molecule has 1 aromatic heterocycles. The van der Waals surface area contributed by atoms with Gasteiger partial charge in [0.1, 0.15) is 12.1 Å². The SMILES string of the molecule is Cc1ncsc1-c1ccc(CNC(=O)[C@@H]2C[C@@H](O)CN2C[C@@H](NC(=O)COCCCCOCCCOc2ccc(N3C(=S)N(c4ccc(C#N)c(C(F)(F)F)c4)C(=O)C3(C)C)cc2F)C(C)(C)C)cc1. The molecule has 6 rings (SSSR count). The van der Waals surface area contributed by atoms with Gasteiger partial charge in [-0.2, -0.15) is 18.4 Å². The number of nitrogens with zero attached hydrogens (tertiary/aromatic N) is 5. The second kappa shape index (κ2) is 23.1. The lowest BCUT2D eigenvalue weighted by Crippen LogP contribution is -2.54. The highest BCUT2D eigenvalue weighted by molar-refractivity contribution is 7.81. The van der Waals surface area contributed by atoms with Gasteiger partial charge < -0.3 is 34.9 Å². The average molecular weight is 1010 g/mol. The number of hydrogen-bond acceptors (Lipinski definition) is 12. The number of likely N-dealkylation sites (tertiary alicyclic amines) is 1. The van der Waals surface area contributed by atoms with Crippen LogP contribution in [0.5, 0.6) is 5.75 Å². The van der Waals surface area contributed by atoms with Crippen LogP contribution in [0.4, 0.5) is 28.9 Å². The molecular formula is C50H59F4N7O7S2. The van der Waals surface area contributed by atoms with Crippen LogP contribution in [0.1, 0.15) is 82.7 Å². The molecule has 3 heterocycles. The predicted molar refractivity (Wildman–Crippen MR) is 262 cm³/mol. The number of aliphatic hydroxyl groups excluding tert-OH is 1. The molecule has 3 amide bonds. The maximum Gasteiger partial charge on any atom is 0.417 e. The van der Waals surface area contributed by atoms with Gasteiger partial charge in [-0.3, -0.25) is 24.2 Å². The Balaban J connectivity index is 0.866. The van der Waals surface area contributed by atoms with Gasteiger partial charge in [-0.25, -0.2) is 9.37 Å². The molecule has 0 unspecified atom stereocenters. The number of hydrogen-bond donors (Lipinski definition) is 3. The number of β-amino-alcohol motifs (C(OH)–C–C–N with tert-alkyl or cyclic N) is 1. The monoisotopic (exact) mass is 1010 g/mol. The summed E-state index contributed by atoms with van der Waals surface area (Å²) in [5.41, 5.74) is 1.29. The fourth-order valence-electron chi connectivity index (χ4n) is 8.24. The van der Waals surface area contributed by atoms with Crippen LogP contribution in [0, 0.1) is 29.5 Å². The van der Waals surface area contributed by atoms with Crippen LogP contribution in [0.2, 0.25) is 0 Å². The fourth-order valence-corrected chi connectivity index (χ4v) is 9.58. The lowest BCUT2D eigenvalue weighted by atomic mass is 9.86. The molecule has 14 nitrogen and oxygen atoms in total. The number of carbonyl (C=O) groups excluding carboxylic acids is 3. The summed E-state index contributed by atoms with van der Waals surface area (Å²) in [6.45, 7) is 13.2. The van der Waals surface area contributed by atoms with E-state index in [0.29, 0.717) is 71.2 Å². The van der Waals surface area contributed by atoms with Crippen molar-refractivity contribution in [1.29, 1.82) is 5.26 Å². The molecule has 3 N–H and O–H groups in total. The Kier molecular flexibility index (Phi) is 17.8. The van der Waals surface area contributed by atoms with Crippen LogP contribution in [0.25, 0.3) is 10.4 Å². The van der Waals surface area contributed by atoms with Gasteiger partial charge >= 0.3 is 6.18 Å². The van der Waals surface area contributed by atoms with Crippen LogP contribution in [-0.4, -0.2) is 108 Å². The zero-order valence-electron chi connectivity index (χ0n) is 40.0. The van der Waals surface area contributed by atoms with E-state index in [9.17, 15) is 37.9 Å². The standard InChI is InChI=1S/C50H59F4N7O7S2/c1-31-44(70-30-57-31)33-12-10-32(11-13-33)26-56-45(64)40-24-37(62)27-59(40)28-42(48(2,3)4)58-43(63)29-67-19-8-7-18-66-20-9-21-68-41-17-16-36(23-39(41)51)61-47(69)60(46(65)49(61,5)6)35-15-14-34(25-55)38(22-35)50(52,53)54/h10-17,22-23,30,37,40,42,62H,7-9,18-21,24,26-29H2,1-6H3,(H,56,64)(H,58,63)/t37-,40+,42-/m1/s1. The molecule has 376 valence electrons. The van der Waals surface area contributed by atoms with Crippen molar-refractivity contribution >= 4 is 57.8 Å². The molecule has 0 saturated carbocycles. The number of thiocarbonyl (C=S) groups is 1. The molecule has 3 atom stereocenters. The summed E-state index contributed by atoms with van der Waals surface area (Å²) in [6, 6.07) is 15.6. The predicted octanol–water partition coefficient (Wildman–Crippen LogP) is 7.93. The highest BCUT2D eigenvalue weighted by atomic mass is 32.1. The van der Waals surface area contributed by atoms with Crippen molar-refractivity contribution in [2.75, 3.05) is 55.9 Å². The summed E-state index contributed by atoms with van der Waals surface area (Å²) >= 11 is 7.13. The second-order valence-corrected chi connectivity index (χ2v) is 20.1. The number of nitriles is 1. The lowest BCUT2D eigenvalue weighted by Gasteiger charge is -2.36. The third-order valence-electron chi connectivity index (χ3n) is 12.2. The molecule has 0 bridgehead atoms. The number of alkyl halides is 3. The maximum absolute atomic E-state index is 15.3. The third kappa shape index (κ3) is 13.2. The minimum absolute atomic E-state index is 0.0506. The van der Waals surface area contributed by atoms with Crippen LogP contribution in [-0.2, 0) is 36.6 Å². The van der Waals surface area contributed by atoms with Crippen molar-refractivity contribution in [3.63, 3.8) is 0 Å². The van der Waals surface area contributed by atoms with E-state index in [1.54, 1.807) is 11.3 Å². The zero-order valence-corrected chi connectivity index (χ0v) is 41.7. The number of halogens is 4. The number of aryl methyl sites for hydroxylation is 1. The number of carbonyl (C=O) groups is 3. The molecule has 0 spiro atoms. The highest BCUT2D eigenvalue weighted by Crippen LogP contribution is 2.40. The van der Waals surface area contributed by atoms with E-state index in [2.05, 4.69) is 15.6 Å². The first kappa shape index (κ1) is 53.8. The number of nitrogens with one attached hydrogen (secondary N) is 2. The number of rotatable bonds is 21. The van der Waals surface area contributed by atoms with E-state index in [-0.39, 0.29) is 58.7 Å². The van der Waals surface area contributed by atoms with Crippen molar-refractivity contribution in [2.24, 2.45) is 5.41 Å². The number of aromatic nitrogens is 1. The Labute approximate surface area is 414 Å². The Bertz CT molecular complexity index is 2540. The minimum atomic E-state index is -4.85. The first-order valence-corrected chi connectivity index (χ1v) is 24.3. The van der Waals surface area contributed by atoms with Crippen LogP contribution in [0.3, 0.4) is 0 Å². The molecule has 0 aliphatic carbocycles. The average Bonchev–Trinajstić information content (AvgIpc) is 3.95. The van der Waals surface area contributed by atoms with E-state index >= 15 is 4.39 Å². The highest BCUT2D eigenvalue weighted by Gasteiger charge is 2.51. The van der Waals surface area contributed by atoms with Gasteiger partial charge in [0.05, 0.1) is 57.7 Å². The van der Waals surface area contributed by atoms with Crippen molar-refractivity contribution in [3.05, 3.63) is 94.4 Å². The summed E-state index contributed by atoms with van der Waals surface area (Å²) in [7, 11) is 0. The van der Waals surface area contributed by atoms with E-state index in [0.717, 1.165) is 38.7 Å². The van der Waals surface area contributed by atoms with Gasteiger partial charge in [0.25, 0.3) is 5.91 Å². The maximum atomic E-state index is 15.3. The summed E-state index contributed by atoms with van der Waals surface area (Å²) in [6.07, 6.45) is -3.45. The molecule has 20 heteroatoms. The number of anilines is 2. The van der Waals surface area contributed by atoms with Gasteiger partial charge in [-0.15, -0.1) is 11.3 Å². The summed E-state index contributed by atoms with van der Waals surface area (Å²) in [4.78, 5) is 49.6. The van der Waals surface area contributed by atoms with Crippen molar-refractivity contribution in [1.82, 2.24) is 20.5 Å². The van der Waals surface area contributed by atoms with Crippen LogP contribution >= 0.6 is 23.6 Å². The summed E-state index contributed by atoms with van der Waals surface area (Å²) in [5.74, 6) is -1.88. The fraction of sp³-hybridized carbons (Fsp3) is 0.480. The van der Waals surface area contributed by atoms with Gasteiger partial charge in [0.15, 0.2) is 16.7 Å². The lowest BCUT2D eigenvalue weighted by molar-refractivity contribution is -0.138. The second-order valence-electron chi connectivity index (χ2n) is 18.9. The van der Waals surface area contributed by atoms with Crippen molar-refractivity contribution in [2.45, 2.75) is 104 Å². The molecule has 2 saturated heterocycles. The Morgan fingerprint density at radius 3 is 2.33 bits per heavy atom. The van der Waals surface area contributed by atoms with E-state index < -0.39 is 46.7 Å². The number of thiazole rings is 1. The first-order chi connectivity index (χ1) is 33.1. The van der Waals surface area contributed by atoms with E-state index in [1.807, 2.05) is 62.4 Å². The van der Waals surface area contributed by atoms with Gasteiger partial charge in [0.2, 0.25) is 11.8 Å². The number of amides is 3. The Morgan fingerprint density at radius 2 is 1.69 bits per heavy atom. The van der Waals surface area contributed by atoms with Gasteiger partial charge in [0, 0.05) is 63.7 Å². The van der Waals surface area contributed by atoms with E-state index in [4.69, 9.17) is 26.4 Å². The molecule has 4 aromatic rings. The molecule has 70 heavy (non-hydrogen) atoms. The third-order valence-corrected chi connectivity index (χ3v) is 13.5. The Morgan fingerprint density at radius 1 is 1.00 bits per heavy atom. The largest absolute Gasteiger partial charge is 0.490 e. The molecular weight excluding hydrogens is 951 g/mol. The normalized spacial score (nSPS) is 17.7. The molecule has 3 aromatic carbocycles. The van der Waals surface area contributed by atoms with Gasteiger partial charge in [-0.1, -0.05) is 45.0 Å². The quantitative estimate of drug-likeness (QED) is 0.0420. The topological polar surface area (TPSA) is 170 Å². The smallest absolute Gasteiger partial charge is 0.417 e. The number of ether oxygens (including phenoxy) is 3. The molecule has 2 aliphatic heterocycles.